The van der Waals surface area contributed by atoms with Crippen LogP contribution in [0.1, 0.15) is 23.4 Å². The van der Waals surface area contributed by atoms with E-state index in [-0.39, 0.29) is 4.87 Å². The van der Waals surface area contributed by atoms with E-state index in [1.807, 2.05) is 4.57 Å². The molecule has 0 saturated carbocycles. The fourth-order valence-electron chi connectivity index (χ4n) is 2.15. The zero-order valence-electron chi connectivity index (χ0n) is 10.2. The molecular weight excluding hydrogens is 238 g/mol. The van der Waals surface area contributed by atoms with Gasteiger partial charge in [-0.3, -0.25) is 4.79 Å². The van der Waals surface area contributed by atoms with Gasteiger partial charge >= 0.3 is 4.87 Å². The first kappa shape index (κ1) is 12.8. The monoisotopic (exact) mass is 257 g/mol. The second-order valence-electron chi connectivity index (χ2n) is 4.20. The number of methoxy groups -OCH3 is 1. The molecule has 1 aliphatic carbocycles. The van der Waals surface area contributed by atoms with Crippen LogP contribution in [0.5, 0.6) is 0 Å². The van der Waals surface area contributed by atoms with Crippen molar-refractivity contribution in [2.45, 2.75) is 32.2 Å². The van der Waals surface area contributed by atoms with Crippen LogP contribution < -0.4 is 4.87 Å². The van der Waals surface area contributed by atoms with Crippen molar-refractivity contribution in [3.8, 4) is 0 Å². The van der Waals surface area contributed by atoms with E-state index in [1.165, 1.54) is 34.7 Å². The van der Waals surface area contributed by atoms with Crippen molar-refractivity contribution in [1.29, 1.82) is 0 Å². The van der Waals surface area contributed by atoms with Crippen molar-refractivity contribution >= 4 is 11.3 Å². The van der Waals surface area contributed by atoms with E-state index in [4.69, 9.17) is 9.47 Å². The van der Waals surface area contributed by atoms with Gasteiger partial charge in [-0.15, -0.1) is 0 Å². The van der Waals surface area contributed by atoms with Crippen LogP contribution in [0.2, 0.25) is 0 Å². The smallest absolute Gasteiger partial charge is 0.307 e. The Kier molecular flexibility index (Phi) is 4.76. The summed E-state index contributed by atoms with van der Waals surface area (Å²) in [6.45, 7) is 2.47. The Morgan fingerprint density at radius 1 is 1.24 bits per heavy atom. The Balaban J connectivity index is 1.91. The highest BCUT2D eigenvalue weighted by atomic mass is 32.1. The minimum absolute atomic E-state index is 0.173. The molecule has 0 unspecified atom stereocenters. The van der Waals surface area contributed by atoms with Crippen LogP contribution in [-0.2, 0) is 28.9 Å². The zero-order valence-corrected chi connectivity index (χ0v) is 11.1. The predicted octanol–water partition coefficient (Wildman–Crippen LogP) is 1.45. The fourth-order valence-corrected chi connectivity index (χ4v) is 3.25. The van der Waals surface area contributed by atoms with Crippen LogP contribution in [0.3, 0.4) is 0 Å². The van der Waals surface area contributed by atoms with Crippen LogP contribution in [-0.4, -0.2) is 31.5 Å². The summed E-state index contributed by atoms with van der Waals surface area (Å²) in [7, 11) is 1.66. The minimum Gasteiger partial charge on any atom is -0.382 e. The molecule has 0 N–H and O–H groups in total. The fraction of sp³-hybridized carbons (Fsp3) is 0.750. The molecule has 2 rings (SSSR count). The molecule has 17 heavy (non-hydrogen) atoms. The molecule has 0 amide bonds. The number of hydrogen-bond acceptors (Lipinski definition) is 4. The van der Waals surface area contributed by atoms with Gasteiger partial charge < -0.3 is 14.0 Å². The van der Waals surface area contributed by atoms with E-state index < -0.39 is 0 Å². The van der Waals surface area contributed by atoms with Crippen molar-refractivity contribution in [3.05, 3.63) is 20.2 Å². The van der Waals surface area contributed by atoms with Gasteiger partial charge in [-0.1, -0.05) is 11.3 Å². The lowest BCUT2D eigenvalue weighted by atomic mass is 10.0. The minimum atomic E-state index is 0.173. The molecule has 1 aromatic heterocycles. The standard InChI is InChI=1S/C12H19NO3S/c1-15-8-9-16-7-6-13-10-4-2-3-5-11(10)17-12(13)14/h2-9H2,1H3. The lowest BCUT2D eigenvalue weighted by Crippen LogP contribution is -2.20. The van der Waals surface area contributed by atoms with Crippen LogP contribution in [0.15, 0.2) is 4.79 Å². The molecular formula is C12H19NO3S. The second kappa shape index (κ2) is 6.33. The highest BCUT2D eigenvalue weighted by Crippen LogP contribution is 2.23. The number of aryl methyl sites for hydroxylation is 1. The van der Waals surface area contributed by atoms with Gasteiger partial charge in [0.05, 0.1) is 26.4 Å². The van der Waals surface area contributed by atoms with Crippen LogP contribution in [0.4, 0.5) is 0 Å². The van der Waals surface area contributed by atoms with E-state index in [2.05, 4.69) is 0 Å². The molecule has 96 valence electrons. The van der Waals surface area contributed by atoms with Crippen molar-refractivity contribution in [1.82, 2.24) is 4.57 Å². The highest BCUT2D eigenvalue weighted by molar-refractivity contribution is 7.09. The van der Waals surface area contributed by atoms with Gasteiger partial charge in [-0.05, 0) is 25.7 Å². The SMILES string of the molecule is COCCOCCn1c2c(sc1=O)CCCC2. The van der Waals surface area contributed by atoms with Crippen molar-refractivity contribution in [3.63, 3.8) is 0 Å². The molecule has 0 bridgehead atoms. The molecule has 1 aliphatic rings. The summed E-state index contributed by atoms with van der Waals surface area (Å²) in [5.74, 6) is 0. The largest absolute Gasteiger partial charge is 0.382 e. The highest BCUT2D eigenvalue weighted by Gasteiger charge is 2.17. The van der Waals surface area contributed by atoms with Crippen LogP contribution >= 0.6 is 11.3 Å². The normalized spacial score (nSPS) is 14.9. The zero-order chi connectivity index (χ0) is 12.1. The molecule has 0 radical (unpaired) electrons. The molecule has 0 aliphatic heterocycles. The Labute approximate surface area is 105 Å². The molecule has 1 aromatic rings. The number of hydrogen-bond donors (Lipinski definition) is 0. The second-order valence-corrected chi connectivity index (χ2v) is 5.25. The van der Waals surface area contributed by atoms with Crippen molar-refractivity contribution in [2.24, 2.45) is 0 Å². The summed E-state index contributed by atoms with van der Waals surface area (Å²) in [6.07, 6.45) is 4.55. The average Bonchev–Trinajstić information content (AvgIpc) is 2.65. The summed E-state index contributed by atoms with van der Waals surface area (Å²) in [5, 5.41) is 0. The van der Waals surface area contributed by atoms with Gasteiger partial charge in [0.15, 0.2) is 0 Å². The van der Waals surface area contributed by atoms with Crippen molar-refractivity contribution < 1.29 is 9.47 Å². The van der Waals surface area contributed by atoms with Gasteiger partial charge in [0.25, 0.3) is 0 Å². The number of rotatable bonds is 6. The third kappa shape index (κ3) is 3.18. The Hall–Kier alpha value is -0.650. The third-order valence-corrected chi connectivity index (χ3v) is 4.12. The lowest BCUT2D eigenvalue weighted by Gasteiger charge is -2.13. The van der Waals surface area contributed by atoms with Gasteiger partial charge in [0, 0.05) is 17.7 Å². The lowest BCUT2D eigenvalue weighted by molar-refractivity contribution is 0.0661. The maximum Gasteiger partial charge on any atom is 0.307 e. The Morgan fingerprint density at radius 2 is 2.06 bits per heavy atom. The Morgan fingerprint density at radius 3 is 2.88 bits per heavy atom. The maximum atomic E-state index is 11.8. The third-order valence-electron chi connectivity index (χ3n) is 3.04. The van der Waals surface area contributed by atoms with Gasteiger partial charge in [-0.2, -0.15) is 0 Å². The molecule has 4 nitrogen and oxygen atoms in total. The van der Waals surface area contributed by atoms with Crippen LogP contribution in [0, 0.1) is 0 Å². The first-order valence-corrected chi connectivity index (χ1v) is 6.92. The first-order chi connectivity index (χ1) is 8.33. The van der Waals surface area contributed by atoms with E-state index in [0.29, 0.717) is 26.4 Å². The van der Waals surface area contributed by atoms with E-state index in [0.717, 1.165) is 12.8 Å². The molecule has 0 aromatic carbocycles. The topological polar surface area (TPSA) is 40.5 Å². The van der Waals surface area contributed by atoms with E-state index >= 15 is 0 Å². The number of nitrogens with zero attached hydrogens (tertiary/aromatic N) is 1. The van der Waals surface area contributed by atoms with Gasteiger partial charge in [0.1, 0.15) is 0 Å². The molecule has 0 atom stereocenters. The number of fused-ring (bicyclic) bond motifs is 1. The van der Waals surface area contributed by atoms with Gasteiger partial charge in [-0.25, -0.2) is 0 Å². The van der Waals surface area contributed by atoms with Crippen molar-refractivity contribution in [2.75, 3.05) is 26.9 Å². The number of ether oxygens (including phenoxy) is 2. The predicted molar refractivity (Wildman–Crippen MR) is 67.9 cm³/mol. The number of aromatic nitrogens is 1. The summed E-state index contributed by atoms with van der Waals surface area (Å²) < 4.78 is 12.2. The molecule has 5 heteroatoms. The summed E-state index contributed by atoms with van der Waals surface area (Å²) >= 11 is 1.41. The van der Waals surface area contributed by atoms with Gasteiger partial charge in [0.2, 0.25) is 0 Å². The summed E-state index contributed by atoms with van der Waals surface area (Å²) in [6, 6.07) is 0. The van der Waals surface area contributed by atoms with E-state index in [9.17, 15) is 4.79 Å². The molecule has 1 heterocycles. The first-order valence-electron chi connectivity index (χ1n) is 6.11. The van der Waals surface area contributed by atoms with Crippen LogP contribution in [0.25, 0.3) is 0 Å². The average molecular weight is 257 g/mol. The summed E-state index contributed by atoms with van der Waals surface area (Å²) in [5.41, 5.74) is 1.25. The number of thiazole rings is 1. The summed E-state index contributed by atoms with van der Waals surface area (Å²) in [4.78, 5) is 13.3. The maximum absolute atomic E-state index is 11.8. The Bertz CT molecular complexity index is 410. The molecule has 0 spiro atoms. The molecule has 0 fully saturated rings. The molecule has 0 saturated heterocycles. The quantitative estimate of drug-likeness (QED) is 0.724. The van der Waals surface area contributed by atoms with E-state index in [1.54, 1.807) is 7.11 Å².